The van der Waals surface area contributed by atoms with Gasteiger partial charge >= 0.3 is 0 Å². The molecule has 2 aromatic carbocycles. The number of halogens is 1. The number of aryl methyl sites for hydroxylation is 1. The lowest BCUT2D eigenvalue weighted by atomic mass is 10.1. The third kappa shape index (κ3) is 4.32. The lowest BCUT2D eigenvalue weighted by molar-refractivity contribution is -0.122. The minimum atomic E-state index is -0.684. The molecule has 5 nitrogen and oxygen atoms in total. The van der Waals surface area contributed by atoms with E-state index in [9.17, 15) is 4.79 Å². The lowest BCUT2D eigenvalue weighted by Crippen LogP contribution is -2.30. The summed E-state index contributed by atoms with van der Waals surface area (Å²) in [6, 6.07) is 10.4. The fourth-order valence-corrected chi connectivity index (χ4v) is 2.33. The predicted molar refractivity (Wildman–Crippen MR) is 94.5 cm³/mol. The third-order valence-corrected chi connectivity index (χ3v) is 3.70. The molecule has 0 bridgehead atoms. The van der Waals surface area contributed by atoms with Gasteiger partial charge in [-0.2, -0.15) is 0 Å². The molecule has 2 rings (SSSR count). The van der Waals surface area contributed by atoms with Gasteiger partial charge in [0.2, 0.25) is 0 Å². The molecule has 128 valence electrons. The second-order valence-corrected chi connectivity index (χ2v) is 5.67. The molecule has 1 N–H and O–H groups in total. The van der Waals surface area contributed by atoms with E-state index in [-0.39, 0.29) is 5.91 Å². The van der Waals surface area contributed by atoms with Gasteiger partial charge in [0.25, 0.3) is 5.91 Å². The van der Waals surface area contributed by atoms with Crippen molar-refractivity contribution < 1.29 is 19.0 Å². The van der Waals surface area contributed by atoms with Gasteiger partial charge in [-0.1, -0.05) is 17.7 Å². The van der Waals surface area contributed by atoms with Gasteiger partial charge < -0.3 is 19.5 Å². The minimum Gasteiger partial charge on any atom is -0.493 e. The van der Waals surface area contributed by atoms with Crippen molar-refractivity contribution in [1.29, 1.82) is 0 Å². The zero-order chi connectivity index (χ0) is 17.7. The summed E-state index contributed by atoms with van der Waals surface area (Å²) in [6.07, 6.45) is -0.684. The van der Waals surface area contributed by atoms with Crippen molar-refractivity contribution in [3.05, 3.63) is 47.0 Å². The molecule has 0 aliphatic carbocycles. The molecule has 0 aliphatic heterocycles. The second-order valence-electron chi connectivity index (χ2n) is 5.23. The molecule has 1 amide bonds. The number of nitrogens with one attached hydrogen (secondary N) is 1. The fraction of sp³-hybridized carbons (Fsp3) is 0.278. The van der Waals surface area contributed by atoms with E-state index in [1.165, 1.54) is 0 Å². The van der Waals surface area contributed by atoms with Crippen molar-refractivity contribution >= 4 is 23.2 Å². The maximum atomic E-state index is 12.4. The molecular formula is C18H20ClNO4. The van der Waals surface area contributed by atoms with E-state index < -0.39 is 6.10 Å². The van der Waals surface area contributed by atoms with E-state index in [0.717, 1.165) is 5.56 Å². The summed E-state index contributed by atoms with van der Waals surface area (Å²) in [5.41, 5.74) is 1.50. The number of rotatable bonds is 6. The predicted octanol–water partition coefficient (Wildman–Crippen LogP) is 4.07. The summed E-state index contributed by atoms with van der Waals surface area (Å²) in [7, 11) is 3.11. The van der Waals surface area contributed by atoms with Gasteiger partial charge in [-0.15, -0.1) is 0 Å². The zero-order valence-corrected chi connectivity index (χ0v) is 14.8. The van der Waals surface area contributed by atoms with Crippen molar-refractivity contribution in [2.75, 3.05) is 19.5 Å². The first-order chi connectivity index (χ1) is 11.4. The number of carbonyl (C=O) groups is 1. The van der Waals surface area contributed by atoms with Crippen LogP contribution in [-0.2, 0) is 4.79 Å². The normalized spacial score (nSPS) is 11.5. The van der Waals surface area contributed by atoms with Crippen LogP contribution in [0.3, 0.4) is 0 Å². The van der Waals surface area contributed by atoms with E-state index >= 15 is 0 Å². The summed E-state index contributed by atoms with van der Waals surface area (Å²) in [4.78, 5) is 12.4. The van der Waals surface area contributed by atoms with Gasteiger partial charge in [-0.25, -0.2) is 0 Å². The first-order valence-electron chi connectivity index (χ1n) is 7.40. The quantitative estimate of drug-likeness (QED) is 0.854. The number of methoxy groups -OCH3 is 2. The van der Waals surface area contributed by atoms with E-state index in [4.69, 9.17) is 25.8 Å². The Morgan fingerprint density at radius 1 is 1.12 bits per heavy atom. The third-order valence-electron chi connectivity index (χ3n) is 3.47. The molecule has 0 unspecified atom stereocenters. The zero-order valence-electron chi connectivity index (χ0n) is 14.1. The second kappa shape index (κ2) is 7.93. The van der Waals surface area contributed by atoms with Gasteiger partial charge in [0.1, 0.15) is 5.75 Å². The number of carbonyl (C=O) groups excluding carboxylic acids is 1. The maximum Gasteiger partial charge on any atom is 0.265 e. The summed E-state index contributed by atoms with van der Waals surface area (Å²) in [5.74, 6) is 1.41. The molecule has 0 aliphatic rings. The van der Waals surface area contributed by atoms with Crippen molar-refractivity contribution in [3.8, 4) is 17.2 Å². The Balaban J connectivity index is 2.11. The largest absolute Gasteiger partial charge is 0.493 e. The number of hydrogen-bond donors (Lipinski definition) is 1. The van der Waals surface area contributed by atoms with Crippen LogP contribution >= 0.6 is 11.6 Å². The molecule has 0 saturated carbocycles. The van der Waals surface area contributed by atoms with Crippen molar-refractivity contribution in [3.63, 3.8) is 0 Å². The average Bonchev–Trinajstić information content (AvgIpc) is 2.56. The summed E-state index contributed by atoms with van der Waals surface area (Å²) >= 11 is 5.91. The topological polar surface area (TPSA) is 56.8 Å². The summed E-state index contributed by atoms with van der Waals surface area (Å²) in [6.45, 7) is 3.55. The molecule has 0 fully saturated rings. The smallest absolute Gasteiger partial charge is 0.265 e. The average molecular weight is 350 g/mol. The SMILES string of the molecule is COc1cc(C)c(NC(=O)[C@H](C)Oc2cccc(Cl)c2)cc1OC. The molecule has 0 radical (unpaired) electrons. The lowest BCUT2D eigenvalue weighted by Gasteiger charge is -2.17. The van der Waals surface area contributed by atoms with Crippen LogP contribution in [0.25, 0.3) is 0 Å². The van der Waals surface area contributed by atoms with E-state index in [0.29, 0.717) is 28.0 Å². The molecule has 6 heteroatoms. The highest BCUT2D eigenvalue weighted by atomic mass is 35.5. The van der Waals surface area contributed by atoms with Gasteiger partial charge in [0, 0.05) is 16.8 Å². The van der Waals surface area contributed by atoms with Gasteiger partial charge in [-0.05, 0) is 43.7 Å². The Morgan fingerprint density at radius 2 is 1.79 bits per heavy atom. The van der Waals surface area contributed by atoms with Crippen LogP contribution in [0.1, 0.15) is 12.5 Å². The summed E-state index contributed by atoms with van der Waals surface area (Å²) in [5, 5.41) is 3.39. The van der Waals surface area contributed by atoms with Gasteiger partial charge in [-0.3, -0.25) is 4.79 Å². The Labute approximate surface area is 146 Å². The maximum absolute atomic E-state index is 12.4. The van der Waals surface area contributed by atoms with E-state index in [1.807, 2.05) is 6.92 Å². The number of ether oxygens (including phenoxy) is 3. The highest BCUT2D eigenvalue weighted by molar-refractivity contribution is 6.30. The molecule has 0 aromatic heterocycles. The molecular weight excluding hydrogens is 330 g/mol. The number of anilines is 1. The van der Waals surface area contributed by atoms with Crippen LogP contribution < -0.4 is 19.5 Å². The van der Waals surface area contributed by atoms with Crippen molar-refractivity contribution in [2.24, 2.45) is 0 Å². The Kier molecular flexibility index (Phi) is 5.93. The van der Waals surface area contributed by atoms with Gasteiger partial charge in [0.15, 0.2) is 17.6 Å². The Bertz CT molecular complexity index is 733. The van der Waals surface area contributed by atoms with Crippen molar-refractivity contribution in [2.45, 2.75) is 20.0 Å². The fourth-order valence-electron chi connectivity index (χ4n) is 2.15. The number of benzene rings is 2. The van der Waals surface area contributed by atoms with Crippen LogP contribution in [-0.4, -0.2) is 26.2 Å². The number of amides is 1. The minimum absolute atomic E-state index is 0.273. The summed E-state index contributed by atoms with van der Waals surface area (Å²) < 4.78 is 16.1. The van der Waals surface area contributed by atoms with Crippen LogP contribution in [0, 0.1) is 6.92 Å². The van der Waals surface area contributed by atoms with Crippen LogP contribution in [0.4, 0.5) is 5.69 Å². The molecule has 0 spiro atoms. The molecule has 0 heterocycles. The first-order valence-corrected chi connectivity index (χ1v) is 7.78. The van der Waals surface area contributed by atoms with Crippen molar-refractivity contribution in [1.82, 2.24) is 0 Å². The van der Waals surface area contributed by atoms with Crippen LogP contribution in [0.5, 0.6) is 17.2 Å². The Hall–Kier alpha value is -2.40. The van der Waals surface area contributed by atoms with E-state index in [2.05, 4.69) is 5.32 Å². The molecule has 0 saturated heterocycles. The highest BCUT2D eigenvalue weighted by Gasteiger charge is 2.17. The standard InChI is InChI=1S/C18H20ClNO4/c1-11-8-16(22-3)17(23-4)10-15(11)20-18(21)12(2)24-14-7-5-6-13(19)9-14/h5-10,12H,1-4H3,(H,20,21)/t12-/m0/s1. The monoisotopic (exact) mass is 349 g/mol. The molecule has 1 atom stereocenters. The van der Waals surface area contributed by atoms with Crippen LogP contribution in [0.15, 0.2) is 36.4 Å². The molecule has 24 heavy (non-hydrogen) atoms. The number of hydrogen-bond acceptors (Lipinski definition) is 4. The van der Waals surface area contributed by atoms with Crippen LogP contribution in [0.2, 0.25) is 5.02 Å². The highest BCUT2D eigenvalue weighted by Crippen LogP contribution is 2.33. The van der Waals surface area contributed by atoms with E-state index in [1.54, 1.807) is 57.5 Å². The molecule has 2 aromatic rings. The van der Waals surface area contributed by atoms with Gasteiger partial charge in [0.05, 0.1) is 14.2 Å². The Morgan fingerprint density at radius 3 is 2.42 bits per heavy atom. The first kappa shape index (κ1) is 17.9.